The number of rotatable bonds is 4. The van der Waals surface area contributed by atoms with Crippen LogP contribution in [0.5, 0.6) is 0 Å². The van der Waals surface area contributed by atoms with Gasteiger partial charge in [-0.2, -0.15) is 5.10 Å². The Bertz CT molecular complexity index is 260. The van der Waals surface area contributed by atoms with Gasteiger partial charge in [0, 0.05) is 11.7 Å². The van der Waals surface area contributed by atoms with Crippen LogP contribution in [0.1, 0.15) is 26.0 Å². The van der Waals surface area contributed by atoms with E-state index in [1.165, 1.54) is 6.20 Å². The lowest BCUT2D eigenvalue weighted by atomic mass is 9.79. The number of hydrogen-bond donors (Lipinski definition) is 3. The normalized spacial score (nSPS) is 10.8. The number of nitrogens with one attached hydrogen (secondary N) is 1. The predicted molar refractivity (Wildman–Crippen MR) is 51.6 cm³/mol. The van der Waals surface area contributed by atoms with Gasteiger partial charge in [0.2, 0.25) is 0 Å². The van der Waals surface area contributed by atoms with E-state index in [2.05, 4.69) is 24.0 Å². The molecule has 0 atom stereocenters. The van der Waals surface area contributed by atoms with Crippen LogP contribution in [-0.4, -0.2) is 27.4 Å². The molecular weight excluding hydrogens is 167 g/mol. The number of aromatic amines is 1. The summed E-state index contributed by atoms with van der Waals surface area (Å²) in [6.45, 7) is 4.25. The Hall–Kier alpha value is -0.805. The van der Waals surface area contributed by atoms with E-state index in [0.29, 0.717) is 11.4 Å². The maximum atomic E-state index is 8.95. The molecule has 0 aliphatic heterocycles. The van der Waals surface area contributed by atoms with E-state index in [1.54, 1.807) is 0 Å². The Balaban J connectivity index is 2.60. The van der Waals surface area contributed by atoms with Crippen LogP contribution >= 0.6 is 0 Å². The largest absolute Gasteiger partial charge is 0.491 e. The van der Waals surface area contributed by atoms with Gasteiger partial charge >= 0.3 is 7.12 Å². The Morgan fingerprint density at radius 2 is 2.23 bits per heavy atom. The minimum atomic E-state index is -1.42. The number of hydrogen-bond acceptors (Lipinski definition) is 3. The predicted octanol–water partition coefficient (Wildman–Crippen LogP) is -0.322. The summed E-state index contributed by atoms with van der Waals surface area (Å²) in [5.74, 6) is 0.598. The van der Waals surface area contributed by atoms with Crippen molar-refractivity contribution in [2.75, 3.05) is 0 Å². The quantitative estimate of drug-likeness (QED) is 0.559. The summed E-state index contributed by atoms with van der Waals surface area (Å²) in [5, 5.41) is 24.5. The highest BCUT2D eigenvalue weighted by Gasteiger charge is 2.17. The highest BCUT2D eigenvalue weighted by atomic mass is 16.4. The van der Waals surface area contributed by atoms with Crippen LogP contribution in [0, 0.1) is 5.92 Å². The molecule has 0 aliphatic rings. The van der Waals surface area contributed by atoms with E-state index >= 15 is 0 Å². The molecule has 72 valence electrons. The zero-order valence-corrected chi connectivity index (χ0v) is 7.99. The lowest BCUT2D eigenvalue weighted by Gasteiger charge is -2.03. The fourth-order valence-corrected chi connectivity index (χ4v) is 1.18. The van der Waals surface area contributed by atoms with Crippen molar-refractivity contribution in [3.05, 3.63) is 11.9 Å². The Morgan fingerprint density at radius 3 is 2.77 bits per heavy atom. The summed E-state index contributed by atoms with van der Waals surface area (Å²) in [6, 6.07) is 0. The first-order valence-corrected chi connectivity index (χ1v) is 4.50. The van der Waals surface area contributed by atoms with Gasteiger partial charge in [-0.1, -0.05) is 13.8 Å². The zero-order chi connectivity index (χ0) is 9.84. The van der Waals surface area contributed by atoms with Gasteiger partial charge in [0.25, 0.3) is 0 Å². The zero-order valence-electron chi connectivity index (χ0n) is 7.99. The molecule has 1 aromatic heterocycles. The third-order valence-corrected chi connectivity index (χ3v) is 1.99. The first-order valence-electron chi connectivity index (χ1n) is 4.50. The maximum Gasteiger partial charge on any atom is 0.491 e. The lowest BCUT2D eigenvalue weighted by molar-refractivity contribution is 0.425. The summed E-state index contributed by atoms with van der Waals surface area (Å²) in [4.78, 5) is 0. The molecule has 0 radical (unpaired) electrons. The van der Waals surface area contributed by atoms with Gasteiger partial charge in [-0.15, -0.1) is 0 Å². The van der Waals surface area contributed by atoms with Crippen molar-refractivity contribution in [3.8, 4) is 0 Å². The molecule has 0 unspecified atom stereocenters. The average Bonchev–Trinajstić information content (AvgIpc) is 2.47. The summed E-state index contributed by atoms with van der Waals surface area (Å²) >= 11 is 0. The molecule has 3 N–H and O–H groups in total. The van der Waals surface area contributed by atoms with Crippen molar-refractivity contribution in [2.45, 2.75) is 26.7 Å². The van der Waals surface area contributed by atoms with E-state index in [1.807, 2.05) is 0 Å². The molecule has 0 bridgehead atoms. The first-order chi connectivity index (χ1) is 6.11. The minimum absolute atomic E-state index is 0.487. The van der Waals surface area contributed by atoms with E-state index < -0.39 is 7.12 Å². The summed E-state index contributed by atoms with van der Waals surface area (Å²) in [5.41, 5.74) is 1.24. The van der Waals surface area contributed by atoms with Gasteiger partial charge < -0.3 is 10.0 Å². The standard InChI is InChI=1S/C8H15BN2O2/c1-6(2)3-4-8-7(9(12)13)5-10-11-8/h5-6,12-13H,3-4H2,1-2H3,(H,10,11). The average molecular weight is 182 g/mol. The monoisotopic (exact) mass is 182 g/mol. The number of aryl methyl sites for hydroxylation is 1. The van der Waals surface area contributed by atoms with Crippen LogP contribution in [0.4, 0.5) is 0 Å². The van der Waals surface area contributed by atoms with Crippen molar-refractivity contribution in [2.24, 2.45) is 5.92 Å². The van der Waals surface area contributed by atoms with Crippen molar-refractivity contribution in [1.29, 1.82) is 0 Å². The van der Waals surface area contributed by atoms with Crippen molar-refractivity contribution in [3.63, 3.8) is 0 Å². The molecule has 1 rings (SSSR count). The third-order valence-electron chi connectivity index (χ3n) is 1.99. The van der Waals surface area contributed by atoms with Gasteiger partial charge in [-0.3, -0.25) is 5.10 Å². The molecule has 13 heavy (non-hydrogen) atoms. The molecule has 0 amide bonds. The van der Waals surface area contributed by atoms with Crippen molar-refractivity contribution >= 4 is 12.6 Å². The molecule has 1 heterocycles. The van der Waals surface area contributed by atoms with Gasteiger partial charge in [0.05, 0.1) is 5.69 Å². The minimum Gasteiger partial charge on any atom is -0.423 e. The van der Waals surface area contributed by atoms with E-state index in [4.69, 9.17) is 10.0 Å². The molecule has 0 aromatic carbocycles. The second-order valence-electron chi connectivity index (χ2n) is 3.59. The fraction of sp³-hybridized carbons (Fsp3) is 0.625. The van der Waals surface area contributed by atoms with Crippen LogP contribution in [0.15, 0.2) is 6.20 Å². The van der Waals surface area contributed by atoms with Crippen LogP contribution in [0.2, 0.25) is 0 Å². The highest BCUT2D eigenvalue weighted by Crippen LogP contribution is 2.04. The van der Waals surface area contributed by atoms with Crippen LogP contribution in [0.25, 0.3) is 0 Å². The number of H-pyrrole nitrogens is 1. The summed E-state index contributed by atoms with van der Waals surface area (Å²) in [6.07, 6.45) is 3.32. The molecule has 0 spiro atoms. The molecule has 5 heteroatoms. The third kappa shape index (κ3) is 2.86. The smallest absolute Gasteiger partial charge is 0.423 e. The molecule has 1 aromatic rings. The van der Waals surface area contributed by atoms with Crippen molar-refractivity contribution in [1.82, 2.24) is 10.2 Å². The number of nitrogens with zero attached hydrogens (tertiary/aromatic N) is 1. The van der Waals surface area contributed by atoms with Crippen LogP contribution in [0.3, 0.4) is 0 Å². The van der Waals surface area contributed by atoms with Crippen LogP contribution in [-0.2, 0) is 6.42 Å². The SMILES string of the molecule is CC(C)CCc1n[nH]cc1B(O)O. The summed E-state index contributed by atoms with van der Waals surface area (Å²) in [7, 11) is -1.42. The Morgan fingerprint density at radius 1 is 1.54 bits per heavy atom. The molecular formula is C8H15BN2O2. The molecule has 0 saturated carbocycles. The second-order valence-corrected chi connectivity index (χ2v) is 3.59. The van der Waals surface area contributed by atoms with Crippen molar-refractivity contribution < 1.29 is 10.0 Å². The first kappa shape index (κ1) is 10.3. The lowest BCUT2D eigenvalue weighted by Crippen LogP contribution is -2.31. The highest BCUT2D eigenvalue weighted by molar-refractivity contribution is 6.59. The number of aromatic nitrogens is 2. The second kappa shape index (κ2) is 4.44. The van der Waals surface area contributed by atoms with Crippen LogP contribution < -0.4 is 5.46 Å². The van der Waals surface area contributed by atoms with Gasteiger partial charge in [-0.25, -0.2) is 0 Å². The van der Waals surface area contributed by atoms with E-state index in [9.17, 15) is 0 Å². The molecule has 0 aliphatic carbocycles. The fourth-order valence-electron chi connectivity index (χ4n) is 1.18. The van der Waals surface area contributed by atoms with E-state index in [0.717, 1.165) is 18.5 Å². The molecule has 0 saturated heterocycles. The van der Waals surface area contributed by atoms with Gasteiger partial charge in [0.15, 0.2) is 0 Å². The summed E-state index contributed by atoms with van der Waals surface area (Å²) < 4.78 is 0. The van der Waals surface area contributed by atoms with Gasteiger partial charge in [0.1, 0.15) is 0 Å². The maximum absolute atomic E-state index is 8.95. The van der Waals surface area contributed by atoms with E-state index in [-0.39, 0.29) is 0 Å². The Kier molecular flexibility index (Phi) is 3.51. The molecule has 4 nitrogen and oxygen atoms in total. The van der Waals surface area contributed by atoms with Gasteiger partial charge in [-0.05, 0) is 18.8 Å². The Labute approximate surface area is 78.1 Å². The topological polar surface area (TPSA) is 69.1 Å². The molecule has 0 fully saturated rings.